The van der Waals surface area contributed by atoms with Gasteiger partial charge in [-0.2, -0.15) is 0 Å². The number of hydrogen-bond donors (Lipinski definition) is 1. The lowest BCUT2D eigenvalue weighted by Gasteiger charge is -2.06. The minimum Gasteiger partial charge on any atom is -0.323 e. The number of carbonyl (C=O) groups excluding carboxylic acids is 1. The number of nitrogens with zero attached hydrogens (tertiary/aromatic N) is 1. The van der Waals surface area contributed by atoms with Gasteiger partial charge in [-0.15, -0.1) is 11.8 Å². The summed E-state index contributed by atoms with van der Waals surface area (Å²) in [6, 6.07) is 8.34. The van der Waals surface area contributed by atoms with Crippen molar-refractivity contribution in [2.24, 2.45) is 0 Å². The fraction of sp³-hybridized carbons (Fsp3) is 0.143. The molecule has 0 saturated carbocycles. The number of anilines is 1. The number of halogens is 2. The lowest BCUT2D eigenvalue weighted by atomic mass is 10.3. The van der Waals surface area contributed by atoms with E-state index in [0.717, 1.165) is 5.56 Å². The molecule has 0 spiro atoms. The SMILES string of the molecule is O=C(CSCc1cccnc1)Nc1ccc(Br)cc1F. The summed E-state index contributed by atoms with van der Waals surface area (Å²) in [4.78, 5) is 15.7. The van der Waals surface area contributed by atoms with Gasteiger partial charge in [0.25, 0.3) is 0 Å². The fourth-order valence-electron chi connectivity index (χ4n) is 1.52. The van der Waals surface area contributed by atoms with E-state index in [4.69, 9.17) is 0 Å². The molecule has 104 valence electrons. The molecule has 0 aliphatic heterocycles. The zero-order chi connectivity index (χ0) is 14.4. The molecule has 1 heterocycles. The molecule has 3 nitrogen and oxygen atoms in total. The molecule has 20 heavy (non-hydrogen) atoms. The molecule has 2 rings (SSSR count). The van der Waals surface area contributed by atoms with Crippen molar-refractivity contribution < 1.29 is 9.18 Å². The topological polar surface area (TPSA) is 42.0 Å². The first-order valence-electron chi connectivity index (χ1n) is 5.86. The van der Waals surface area contributed by atoms with Crippen LogP contribution >= 0.6 is 27.7 Å². The van der Waals surface area contributed by atoms with Crippen LogP contribution in [0.5, 0.6) is 0 Å². The zero-order valence-corrected chi connectivity index (χ0v) is 12.9. The maximum atomic E-state index is 13.5. The largest absolute Gasteiger partial charge is 0.323 e. The summed E-state index contributed by atoms with van der Waals surface area (Å²) in [5.41, 5.74) is 1.25. The van der Waals surface area contributed by atoms with Crippen molar-refractivity contribution >= 4 is 39.3 Å². The van der Waals surface area contributed by atoms with Gasteiger partial charge in [0, 0.05) is 22.6 Å². The predicted molar refractivity (Wildman–Crippen MR) is 83.1 cm³/mol. The van der Waals surface area contributed by atoms with E-state index in [9.17, 15) is 9.18 Å². The molecule has 1 amide bonds. The number of hydrogen-bond acceptors (Lipinski definition) is 3. The van der Waals surface area contributed by atoms with Crippen molar-refractivity contribution in [3.05, 3.63) is 58.6 Å². The highest BCUT2D eigenvalue weighted by atomic mass is 79.9. The van der Waals surface area contributed by atoms with E-state index in [-0.39, 0.29) is 17.3 Å². The van der Waals surface area contributed by atoms with E-state index in [1.54, 1.807) is 18.5 Å². The van der Waals surface area contributed by atoms with Gasteiger partial charge in [-0.1, -0.05) is 22.0 Å². The van der Waals surface area contributed by atoms with E-state index in [1.165, 1.54) is 23.9 Å². The summed E-state index contributed by atoms with van der Waals surface area (Å²) in [6.45, 7) is 0. The van der Waals surface area contributed by atoms with Crippen molar-refractivity contribution in [2.45, 2.75) is 5.75 Å². The zero-order valence-electron chi connectivity index (χ0n) is 10.5. The van der Waals surface area contributed by atoms with Gasteiger partial charge in [0.2, 0.25) is 5.91 Å². The third-order valence-corrected chi connectivity index (χ3v) is 3.93. The number of nitrogens with one attached hydrogen (secondary N) is 1. The predicted octanol–water partition coefficient (Wildman–Crippen LogP) is 3.86. The van der Waals surface area contributed by atoms with Crippen molar-refractivity contribution in [3.63, 3.8) is 0 Å². The standard InChI is InChI=1S/C14H12BrFN2OS/c15-11-3-4-13(12(16)6-11)18-14(19)9-20-8-10-2-1-5-17-7-10/h1-7H,8-9H2,(H,18,19). The normalized spacial score (nSPS) is 10.3. The van der Waals surface area contributed by atoms with Crippen LogP contribution < -0.4 is 5.32 Å². The average molecular weight is 355 g/mol. The molecule has 6 heteroatoms. The summed E-state index contributed by atoms with van der Waals surface area (Å²) < 4.78 is 14.2. The van der Waals surface area contributed by atoms with Crippen LogP contribution in [0.4, 0.5) is 10.1 Å². The summed E-state index contributed by atoms with van der Waals surface area (Å²) in [7, 11) is 0. The molecule has 0 aliphatic carbocycles. The minimum absolute atomic E-state index is 0.195. The molecule has 1 aromatic heterocycles. The molecule has 0 atom stereocenters. The lowest BCUT2D eigenvalue weighted by molar-refractivity contribution is -0.113. The Labute approximate surface area is 129 Å². The average Bonchev–Trinajstić information content (AvgIpc) is 2.43. The smallest absolute Gasteiger partial charge is 0.234 e. The summed E-state index contributed by atoms with van der Waals surface area (Å²) in [6.07, 6.45) is 3.47. The van der Waals surface area contributed by atoms with Crippen LogP contribution in [0.25, 0.3) is 0 Å². The number of benzene rings is 1. The molecule has 0 bridgehead atoms. The van der Waals surface area contributed by atoms with Crippen LogP contribution in [0.3, 0.4) is 0 Å². The molecule has 0 aliphatic rings. The number of amides is 1. The number of carbonyl (C=O) groups is 1. The van der Waals surface area contributed by atoms with Gasteiger partial charge < -0.3 is 5.32 Å². The first kappa shape index (κ1) is 15.0. The van der Waals surface area contributed by atoms with Crippen LogP contribution in [0, 0.1) is 5.82 Å². The number of rotatable bonds is 5. The highest BCUT2D eigenvalue weighted by molar-refractivity contribution is 9.10. The molecular weight excluding hydrogens is 343 g/mol. The molecule has 0 radical (unpaired) electrons. The molecule has 1 aromatic carbocycles. The Balaban J connectivity index is 1.81. The Morgan fingerprint density at radius 1 is 1.40 bits per heavy atom. The molecule has 0 unspecified atom stereocenters. The number of pyridine rings is 1. The second kappa shape index (κ2) is 7.40. The summed E-state index contributed by atoms with van der Waals surface area (Å²) in [5.74, 6) is 0.291. The van der Waals surface area contributed by atoms with Crippen LogP contribution in [0.1, 0.15) is 5.56 Å². The van der Waals surface area contributed by atoms with Crippen LogP contribution in [-0.2, 0) is 10.5 Å². The monoisotopic (exact) mass is 354 g/mol. The Bertz CT molecular complexity index is 595. The molecular formula is C14H12BrFN2OS. The second-order valence-corrected chi connectivity index (χ2v) is 5.93. The molecule has 0 saturated heterocycles. The molecule has 2 aromatic rings. The Morgan fingerprint density at radius 2 is 2.25 bits per heavy atom. The maximum absolute atomic E-state index is 13.5. The first-order chi connectivity index (χ1) is 9.65. The van der Waals surface area contributed by atoms with E-state index in [2.05, 4.69) is 26.2 Å². The van der Waals surface area contributed by atoms with Gasteiger partial charge >= 0.3 is 0 Å². The summed E-state index contributed by atoms with van der Waals surface area (Å²) >= 11 is 4.63. The Hall–Kier alpha value is -1.40. The minimum atomic E-state index is -0.454. The number of aromatic nitrogens is 1. The maximum Gasteiger partial charge on any atom is 0.234 e. The number of thioether (sulfide) groups is 1. The van der Waals surface area contributed by atoms with Crippen molar-refractivity contribution in [1.29, 1.82) is 0 Å². The van der Waals surface area contributed by atoms with E-state index in [0.29, 0.717) is 10.2 Å². The van der Waals surface area contributed by atoms with Gasteiger partial charge in [-0.25, -0.2) is 4.39 Å². The van der Waals surface area contributed by atoms with E-state index in [1.807, 2.05) is 12.1 Å². The highest BCUT2D eigenvalue weighted by Crippen LogP contribution is 2.19. The van der Waals surface area contributed by atoms with Crippen molar-refractivity contribution in [1.82, 2.24) is 4.98 Å². The highest BCUT2D eigenvalue weighted by Gasteiger charge is 2.07. The fourth-order valence-corrected chi connectivity index (χ4v) is 2.62. The first-order valence-corrected chi connectivity index (χ1v) is 7.81. The van der Waals surface area contributed by atoms with Gasteiger partial charge in [0.1, 0.15) is 5.82 Å². The van der Waals surface area contributed by atoms with Crippen molar-refractivity contribution in [3.8, 4) is 0 Å². The van der Waals surface area contributed by atoms with E-state index < -0.39 is 5.82 Å². The lowest BCUT2D eigenvalue weighted by Crippen LogP contribution is -2.15. The Kier molecular flexibility index (Phi) is 5.55. The Morgan fingerprint density at radius 3 is 2.95 bits per heavy atom. The molecule has 1 N–H and O–H groups in total. The van der Waals surface area contributed by atoms with E-state index >= 15 is 0 Å². The third kappa shape index (κ3) is 4.61. The van der Waals surface area contributed by atoms with Gasteiger partial charge in [-0.05, 0) is 29.8 Å². The summed E-state index contributed by atoms with van der Waals surface area (Å²) in [5, 5.41) is 2.55. The quantitative estimate of drug-likeness (QED) is 0.886. The van der Waals surface area contributed by atoms with Crippen LogP contribution in [0.15, 0.2) is 47.2 Å². The van der Waals surface area contributed by atoms with Crippen molar-refractivity contribution in [2.75, 3.05) is 11.1 Å². The van der Waals surface area contributed by atoms with Gasteiger partial charge in [0.05, 0.1) is 11.4 Å². The molecule has 0 fully saturated rings. The second-order valence-electron chi connectivity index (χ2n) is 4.03. The van der Waals surface area contributed by atoms with Gasteiger partial charge in [-0.3, -0.25) is 9.78 Å². The van der Waals surface area contributed by atoms with Gasteiger partial charge in [0.15, 0.2) is 0 Å². The third-order valence-electron chi connectivity index (χ3n) is 2.43. The van der Waals surface area contributed by atoms with Crippen LogP contribution in [-0.4, -0.2) is 16.6 Å². The van der Waals surface area contributed by atoms with Crippen LogP contribution in [0.2, 0.25) is 0 Å².